The number of carbonyl (C=O) groups is 1. The molecule has 0 aliphatic carbocycles. The van der Waals surface area contributed by atoms with Crippen LogP contribution >= 0.6 is 0 Å². The van der Waals surface area contributed by atoms with Crippen molar-refractivity contribution in [1.82, 2.24) is 29.7 Å². The monoisotopic (exact) mass is 380 g/mol. The van der Waals surface area contributed by atoms with Crippen LogP contribution in [0.2, 0.25) is 0 Å². The van der Waals surface area contributed by atoms with Crippen molar-refractivity contribution in [1.29, 1.82) is 0 Å². The molecule has 1 unspecified atom stereocenters. The van der Waals surface area contributed by atoms with Crippen molar-refractivity contribution in [3.8, 4) is 0 Å². The number of urea groups is 1. The summed E-state index contributed by atoms with van der Waals surface area (Å²) in [7, 11) is 0. The van der Waals surface area contributed by atoms with Crippen LogP contribution in [0.5, 0.6) is 0 Å². The summed E-state index contributed by atoms with van der Waals surface area (Å²) in [5.74, 6) is 0.126. The fraction of sp³-hybridized carbons (Fsp3) is 0.471. The van der Waals surface area contributed by atoms with Crippen LogP contribution in [0, 0.1) is 5.92 Å². The lowest BCUT2D eigenvalue weighted by molar-refractivity contribution is -0.123. The van der Waals surface area contributed by atoms with Crippen molar-refractivity contribution in [2.45, 2.75) is 25.6 Å². The smallest absolute Gasteiger partial charge is 0.346 e. The third kappa shape index (κ3) is 3.19. The van der Waals surface area contributed by atoms with E-state index in [0.717, 1.165) is 28.5 Å². The number of alkyl halides is 3. The molecule has 1 fully saturated rings. The van der Waals surface area contributed by atoms with Gasteiger partial charge in [0, 0.05) is 24.7 Å². The van der Waals surface area contributed by atoms with Gasteiger partial charge in [-0.05, 0) is 18.4 Å². The van der Waals surface area contributed by atoms with E-state index in [1.54, 1.807) is 18.7 Å². The van der Waals surface area contributed by atoms with Crippen molar-refractivity contribution >= 4 is 28.1 Å². The summed E-state index contributed by atoms with van der Waals surface area (Å²) >= 11 is 0. The Morgan fingerprint density at radius 1 is 1.37 bits per heavy atom. The van der Waals surface area contributed by atoms with Crippen molar-refractivity contribution < 1.29 is 18.0 Å². The second-order valence-electron chi connectivity index (χ2n) is 6.80. The highest BCUT2D eigenvalue weighted by atomic mass is 19.4. The Bertz CT molecular complexity index is 978. The molecule has 0 saturated carbocycles. The number of pyridine rings is 1. The first-order chi connectivity index (χ1) is 12.9. The number of aromatic amines is 1. The Kier molecular flexibility index (Phi) is 4.20. The number of carbonyl (C=O) groups excluding carboxylic acids is 1. The second-order valence-corrected chi connectivity index (χ2v) is 6.80. The van der Waals surface area contributed by atoms with Crippen LogP contribution in [0.4, 0.5) is 18.0 Å². The fourth-order valence-corrected chi connectivity index (χ4v) is 3.81. The van der Waals surface area contributed by atoms with Gasteiger partial charge in [-0.25, -0.2) is 14.8 Å². The molecular weight excluding hydrogens is 361 g/mol. The quantitative estimate of drug-likeness (QED) is 0.733. The number of hydrogen-bond acceptors (Lipinski definition) is 3. The van der Waals surface area contributed by atoms with Crippen LogP contribution < -0.4 is 5.32 Å². The number of nitrogens with one attached hydrogen (secondary N) is 2. The molecule has 0 aromatic carbocycles. The molecule has 0 radical (unpaired) electrons. The topological polar surface area (TPSA) is 78.8 Å². The lowest BCUT2D eigenvalue weighted by Crippen LogP contribution is -2.42. The first kappa shape index (κ1) is 17.6. The van der Waals surface area contributed by atoms with E-state index < -0.39 is 18.8 Å². The highest BCUT2D eigenvalue weighted by Crippen LogP contribution is 2.34. The molecule has 4 rings (SSSR count). The SMILES string of the molecule is CC[C@H]1CN(C(=O)NCC(F)(F)F)CC1n1cnc2cnc3[nH]ccc3c21. The number of imidazole rings is 1. The lowest BCUT2D eigenvalue weighted by atomic mass is 10.0. The molecule has 4 heterocycles. The summed E-state index contributed by atoms with van der Waals surface area (Å²) in [6.07, 6.45) is 1.59. The van der Waals surface area contributed by atoms with Gasteiger partial charge in [-0.15, -0.1) is 0 Å². The summed E-state index contributed by atoms with van der Waals surface area (Å²) in [6, 6.07) is 1.18. The van der Waals surface area contributed by atoms with E-state index in [1.807, 2.05) is 22.9 Å². The van der Waals surface area contributed by atoms with E-state index in [-0.39, 0.29) is 12.0 Å². The van der Waals surface area contributed by atoms with Crippen molar-refractivity contribution in [2.24, 2.45) is 5.92 Å². The average Bonchev–Trinajstić information content (AvgIpc) is 3.33. The van der Waals surface area contributed by atoms with E-state index in [1.165, 1.54) is 4.90 Å². The molecule has 3 aromatic rings. The average molecular weight is 380 g/mol. The summed E-state index contributed by atoms with van der Waals surface area (Å²) in [6.45, 7) is 1.43. The van der Waals surface area contributed by atoms with Gasteiger partial charge >= 0.3 is 12.2 Å². The third-order valence-corrected chi connectivity index (χ3v) is 5.13. The maximum Gasteiger partial charge on any atom is 0.405 e. The molecule has 1 aliphatic heterocycles. The van der Waals surface area contributed by atoms with Crippen molar-refractivity contribution in [3.05, 3.63) is 24.8 Å². The first-order valence-electron chi connectivity index (χ1n) is 8.75. The Morgan fingerprint density at radius 3 is 2.93 bits per heavy atom. The minimum absolute atomic E-state index is 0.0582. The predicted octanol–water partition coefficient (Wildman–Crippen LogP) is 3.07. The summed E-state index contributed by atoms with van der Waals surface area (Å²) in [4.78, 5) is 25.4. The van der Waals surface area contributed by atoms with Crippen LogP contribution in [0.1, 0.15) is 19.4 Å². The van der Waals surface area contributed by atoms with Gasteiger partial charge in [0.2, 0.25) is 0 Å². The van der Waals surface area contributed by atoms with Crippen LogP contribution in [-0.4, -0.2) is 56.3 Å². The molecule has 0 bridgehead atoms. The number of aromatic nitrogens is 4. The maximum absolute atomic E-state index is 12.4. The van der Waals surface area contributed by atoms with Gasteiger partial charge in [-0.1, -0.05) is 6.92 Å². The maximum atomic E-state index is 12.4. The van der Waals surface area contributed by atoms with E-state index in [0.29, 0.717) is 13.1 Å². The minimum atomic E-state index is -4.42. The van der Waals surface area contributed by atoms with E-state index in [9.17, 15) is 18.0 Å². The van der Waals surface area contributed by atoms with E-state index >= 15 is 0 Å². The number of amides is 2. The Labute approximate surface area is 152 Å². The number of H-pyrrole nitrogens is 1. The number of nitrogens with zero attached hydrogens (tertiary/aromatic N) is 4. The largest absolute Gasteiger partial charge is 0.405 e. The number of halogens is 3. The Morgan fingerprint density at radius 2 is 2.19 bits per heavy atom. The summed E-state index contributed by atoms with van der Waals surface area (Å²) in [5, 5.41) is 2.89. The third-order valence-electron chi connectivity index (χ3n) is 5.13. The van der Waals surface area contributed by atoms with Gasteiger partial charge in [-0.2, -0.15) is 13.2 Å². The van der Waals surface area contributed by atoms with E-state index in [2.05, 4.69) is 15.0 Å². The molecule has 27 heavy (non-hydrogen) atoms. The summed E-state index contributed by atoms with van der Waals surface area (Å²) in [5.41, 5.74) is 2.41. The Balaban J connectivity index is 1.63. The summed E-state index contributed by atoms with van der Waals surface area (Å²) < 4.78 is 39.2. The fourth-order valence-electron chi connectivity index (χ4n) is 3.81. The predicted molar refractivity (Wildman–Crippen MR) is 93.2 cm³/mol. The van der Waals surface area contributed by atoms with Gasteiger partial charge in [-0.3, -0.25) is 0 Å². The number of fused-ring (bicyclic) bond motifs is 3. The van der Waals surface area contributed by atoms with Crippen LogP contribution in [0.3, 0.4) is 0 Å². The van der Waals surface area contributed by atoms with Crippen LogP contribution in [0.25, 0.3) is 22.1 Å². The van der Waals surface area contributed by atoms with Crippen molar-refractivity contribution in [3.63, 3.8) is 0 Å². The molecule has 2 N–H and O–H groups in total. The van der Waals surface area contributed by atoms with Gasteiger partial charge in [0.05, 0.1) is 24.1 Å². The van der Waals surface area contributed by atoms with Gasteiger partial charge in [0.25, 0.3) is 0 Å². The molecule has 2 amide bonds. The zero-order chi connectivity index (χ0) is 19.2. The Hall–Kier alpha value is -2.78. The van der Waals surface area contributed by atoms with Gasteiger partial charge in [0.1, 0.15) is 17.7 Å². The molecule has 1 saturated heterocycles. The number of rotatable bonds is 3. The molecule has 0 spiro atoms. The molecule has 144 valence electrons. The normalized spacial score (nSPS) is 20.7. The van der Waals surface area contributed by atoms with Crippen LogP contribution in [0.15, 0.2) is 24.8 Å². The number of hydrogen-bond donors (Lipinski definition) is 2. The molecular formula is C17H19F3N6O. The van der Waals surface area contributed by atoms with Crippen LogP contribution in [-0.2, 0) is 0 Å². The molecule has 10 heteroatoms. The highest BCUT2D eigenvalue weighted by molar-refractivity contribution is 6.01. The van der Waals surface area contributed by atoms with Gasteiger partial charge in [0.15, 0.2) is 0 Å². The standard InChI is InChI=1S/C17H19F3N6O/c1-2-10-6-25(16(27)23-8-17(18,19)20)7-13(10)26-9-24-12-5-22-15-11(14(12)26)3-4-21-15/h3-5,9-10,13H,2,6-8H2,1H3,(H,21,22)(H,23,27)/t10-,13?/m0/s1. The molecule has 1 aliphatic rings. The van der Waals surface area contributed by atoms with Crippen molar-refractivity contribution in [2.75, 3.05) is 19.6 Å². The second kappa shape index (κ2) is 6.43. The lowest BCUT2D eigenvalue weighted by Gasteiger charge is -2.19. The zero-order valence-corrected chi connectivity index (χ0v) is 14.6. The zero-order valence-electron chi connectivity index (χ0n) is 14.6. The molecule has 7 nitrogen and oxygen atoms in total. The molecule has 2 atom stereocenters. The minimum Gasteiger partial charge on any atom is -0.346 e. The van der Waals surface area contributed by atoms with Gasteiger partial charge < -0.3 is 19.8 Å². The number of likely N-dealkylation sites (tertiary alicyclic amines) is 1. The molecule has 3 aromatic heterocycles. The first-order valence-corrected chi connectivity index (χ1v) is 8.75. The van der Waals surface area contributed by atoms with E-state index in [4.69, 9.17) is 0 Å². The highest BCUT2D eigenvalue weighted by Gasteiger charge is 2.37.